The third kappa shape index (κ3) is 7.51. The van der Waals surface area contributed by atoms with E-state index >= 15 is 0 Å². The third-order valence-corrected chi connectivity index (χ3v) is 5.49. The maximum absolute atomic E-state index is 13.5. The van der Waals surface area contributed by atoms with Gasteiger partial charge in [-0.25, -0.2) is 8.78 Å². The van der Waals surface area contributed by atoms with Gasteiger partial charge in [0.15, 0.2) is 0 Å². The largest absolute Gasteiger partial charge is 0.354 e. The topological polar surface area (TPSA) is 49.4 Å². The van der Waals surface area contributed by atoms with Gasteiger partial charge in [-0.15, -0.1) is 0 Å². The van der Waals surface area contributed by atoms with Crippen molar-refractivity contribution >= 4 is 11.8 Å². The van der Waals surface area contributed by atoms with Crippen LogP contribution in [0.1, 0.15) is 30.5 Å². The molecular formula is C28H30F2N2O2. The molecule has 0 aromatic heterocycles. The molecule has 0 aliphatic heterocycles. The van der Waals surface area contributed by atoms with Crippen LogP contribution in [0.15, 0.2) is 78.9 Å². The fourth-order valence-electron chi connectivity index (χ4n) is 3.64. The van der Waals surface area contributed by atoms with E-state index in [1.54, 1.807) is 29.2 Å². The van der Waals surface area contributed by atoms with E-state index in [9.17, 15) is 18.4 Å². The summed E-state index contributed by atoms with van der Waals surface area (Å²) in [6, 6.07) is 20.4. The number of benzene rings is 3. The lowest BCUT2D eigenvalue weighted by atomic mass is 10.0. The van der Waals surface area contributed by atoms with Gasteiger partial charge in [-0.2, -0.15) is 0 Å². The Morgan fingerprint density at radius 2 is 1.35 bits per heavy atom. The summed E-state index contributed by atoms with van der Waals surface area (Å²) >= 11 is 0. The first-order valence-electron chi connectivity index (χ1n) is 11.4. The number of carbonyl (C=O) groups is 2. The molecule has 0 fully saturated rings. The first-order valence-corrected chi connectivity index (χ1v) is 11.4. The molecule has 1 atom stereocenters. The number of nitrogens with one attached hydrogen (secondary N) is 1. The molecule has 2 amide bonds. The molecule has 0 radical (unpaired) electrons. The molecule has 3 aromatic rings. The Morgan fingerprint density at radius 1 is 0.794 bits per heavy atom. The van der Waals surface area contributed by atoms with Gasteiger partial charge in [0, 0.05) is 19.5 Å². The first-order chi connectivity index (χ1) is 16.3. The van der Waals surface area contributed by atoms with Crippen molar-refractivity contribution in [1.29, 1.82) is 0 Å². The second kappa shape index (κ2) is 12.1. The molecule has 6 heteroatoms. The van der Waals surface area contributed by atoms with E-state index in [0.29, 0.717) is 24.1 Å². The fraction of sp³-hybridized carbons (Fsp3) is 0.286. The van der Waals surface area contributed by atoms with E-state index in [1.807, 2.05) is 44.2 Å². The van der Waals surface area contributed by atoms with Crippen molar-refractivity contribution in [3.63, 3.8) is 0 Å². The summed E-state index contributed by atoms with van der Waals surface area (Å²) in [6.07, 6.45) is 0.353. The molecular weight excluding hydrogens is 434 g/mol. The van der Waals surface area contributed by atoms with Crippen molar-refractivity contribution in [2.24, 2.45) is 5.92 Å². The van der Waals surface area contributed by atoms with Gasteiger partial charge in [-0.05, 0) is 46.9 Å². The molecule has 0 heterocycles. The molecule has 0 aliphatic carbocycles. The predicted octanol–water partition coefficient (Wildman–Crippen LogP) is 4.92. The summed E-state index contributed by atoms with van der Waals surface area (Å²) in [6.45, 7) is 4.64. The third-order valence-electron chi connectivity index (χ3n) is 5.49. The van der Waals surface area contributed by atoms with Gasteiger partial charge >= 0.3 is 0 Å². The summed E-state index contributed by atoms with van der Waals surface area (Å²) in [5.74, 6) is -1.01. The van der Waals surface area contributed by atoms with Crippen LogP contribution >= 0.6 is 0 Å². The van der Waals surface area contributed by atoms with Crippen molar-refractivity contribution in [2.75, 3.05) is 6.54 Å². The van der Waals surface area contributed by atoms with Crippen molar-refractivity contribution < 1.29 is 18.4 Å². The molecule has 178 valence electrons. The Bertz CT molecular complexity index is 1070. The minimum atomic E-state index is -0.765. The quantitative estimate of drug-likeness (QED) is 0.463. The lowest BCUT2D eigenvalue weighted by Crippen LogP contribution is -2.51. The number of rotatable bonds is 10. The lowest BCUT2D eigenvalue weighted by Gasteiger charge is -2.32. The minimum absolute atomic E-state index is 0.0181. The first kappa shape index (κ1) is 25.1. The zero-order valence-corrected chi connectivity index (χ0v) is 19.5. The molecule has 0 unspecified atom stereocenters. The Kier molecular flexibility index (Phi) is 8.91. The average molecular weight is 465 g/mol. The van der Waals surface area contributed by atoms with E-state index in [2.05, 4.69) is 5.32 Å². The van der Waals surface area contributed by atoms with Gasteiger partial charge < -0.3 is 10.2 Å². The van der Waals surface area contributed by atoms with Gasteiger partial charge in [0.1, 0.15) is 17.7 Å². The highest BCUT2D eigenvalue weighted by Crippen LogP contribution is 2.17. The van der Waals surface area contributed by atoms with E-state index in [-0.39, 0.29) is 42.3 Å². The van der Waals surface area contributed by atoms with Crippen LogP contribution in [0.4, 0.5) is 8.78 Å². The Hall–Kier alpha value is -3.54. The highest BCUT2D eigenvalue weighted by atomic mass is 19.1. The van der Waals surface area contributed by atoms with Gasteiger partial charge in [-0.1, -0.05) is 68.4 Å². The number of hydrogen-bond acceptors (Lipinski definition) is 2. The van der Waals surface area contributed by atoms with Crippen LogP contribution in [-0.4, -0.2) is 29.3 Å². The van der Waals surface area contributed by atoms with Crippen molar-refractivity contribution in [3.05, 3.63) is 107 Å². The van der Waals surface area contributed by atoms with Crippen LogP contribution in [0.2, 0.25) is 0 Å². The van der Waals surface area contributed by atoms with E-state index in [1.165, 1.54) is 24.3 Å². The van der Waals surface area contributed by atoms with Crippen molar-refractivity contribution in [2.45, 2.75) is 39.3 Å². The normalized spacial score (nSPS) is 11.8. The van der Waals surface area contributed by atoms with E-state index < -0.39 is 6.04 Å². The zero-order valence-electron chi connectivity index (χ0n) is 19.5. The molecule has 4 nitrogen and oxygen atoms in total. The minimum Gasteiger partial charge on any atom is -0.354 e. The number of halogens is 2. The summed E-state index contributed by atoms with van der Waals surface area (Å²) in [5, 5.41) is 2.96. The summed E-state index contributed by atoms with van der Waals surface area (Å²) < 4.78 is 26.8. The standard InChI is InChI=1S/C28H30F2N2O2/c1-20(2)18-31-28(34)26(16-21-6-4-3-5-7-21)32(19-23-10-14-25(30)15-11-23)27(33)17-22-8-12-24(29)13-9-22/h3-15,20,26H,16-19H2,1-2H3,(H,31,34)/t26-/m1/s1. The van der Waals surface area contributed by atoms with Gasteiger partial charge in [0.05, 0.1) is 6.42 Å². The van der Waals surface area contributed by atoms with Gasteiger partial charge in [-0.3, -0.25) is 9.59 Å². The number of hydrogen-bond donors (Lipinski definition) is 1. The van der Waals surface area contributed by atoms with Crippen LogP contribution in [0.25, 0.3) is 0 Å². The maximum atomic E-state index is 13.5. The van der Waals surface area contributed by atoms with Crippen LogP contribution in [0, 0.1) is 17.6 Å². The van der Waals surface area contributed by atoms with E-state index in [0.717, 1.165) is 5.56 Å². The molecule has 3 rings (SSSR count). The smallest absolute Gasteiger partial charge is 0.243 e. The van der Waals surface area contributed by atoms with Crippen molar-refractivity contribution in [3.8, 4) is 0 Å². The molecule has 0 aliphatic rings. The van der Waals surface area contributed by atoms with Gasteiger partial charge in [0.2, 0.25) is 11.8 Å². The van der Waals surface area contributed by atoms with Crippen LogP contribution in [0.5, 0.6) is 0 Å². The summed E-state index contributed by atoms with van der Waals surface area (Å²) in [4.78, 5) is 28.4. The Labute approximate surface area is 199 Å². The molecule has 3 aromatic carbocycles. The van der Waals surface area contributed by atoms with Crippen LogP contribution in [-0.2, 0) is 29.0 Å². The Morgan fingerprint density at radius 3 is 1.91 bits per heavy atom. The Balaban J connectivity index is 1.93. The zero-order chi connectivity index (χ0) is 24.5. The monoisotopic (exact) mass is 464 g/mol. The van der Waals surface area contributed by atoms with E-state index in [4.69, 9.17) is 0 Å². The molecule has 0 saturated carbocycles. The predicted molar refractivity (Wildman–Crippen MR) is 129 cm³/mol. The maximum Gasteiger partial charge on any atom is 0.243 e. The number of carbonyl (C=O) groups excluding carboxylic acids is 2. The summed E-state index contributed by atoms with van der Waals surface area (Å²) in [7, 11) is 0. The second-order valence-corrected chi connectivity index (χ2v) is 8.80. The molecule has 0 spiro atoms. The molecule has 34 heavy (non-hydrogen) atoms. The number of nitrogens with zero attached hydrogens (tertiary/aromatic N) is 1. The molecule has 0 bridgehead atoms. The lowest BCUT2D eigenvalue weighted by molar-refractivity contribution is -0.140. The average Bonchev–Trinajstić information content (AvgIpc) is 2.83. The van der Waals surface area contributed by atoms with Gasteiger partial charge in [0.25, 0.3) is 0 Å². The highest BCUT2D eigenvalue weighted by Gasteiger charge is 2.30. The summed E-state index contributed by atoms with van der Waals surface area (Å²) in [5.41, 5.74) is 2.28. The fourth-order valence-corrected chi connectivity index (χ4v) is 3.64. The molecule has 1 N–H and O–H groups in total. The second-order valence-electron chi connectivity index (χ2n) is 8.80. The SMILES string of the molecule is CC(C)CNC(=O)[C@@H](Cc1ccccc1)N(Cc1ccc(F)cc1)C(=O)Cc1ccc(F)cc1. The van der Waals surface area contributed by atoms with Crippen LogP contribution < -0.4 is 5.32 Å². The van der Waals surface area contributed by atoms with Crippen molar-refractivity contribution in [1.82, 2.24) is 10.2 Å². The highest BCUT2D eigenvalue weighted by molar-refractivity contribution is 5.88. The van der Waals surface area contributed by atoms with Crippen LogP contribution in [0.3, 0.4) is 0 Å². The molecule has 0 saturated heterocycles. The number of amides is 2.